The van der Waals surface area contributed by atoms with E-state index in [0.29, 0.717) is 11.5 Å². The zero-order valence-corrected chi connectivity index (χ0v) is 12.3. The smallest absolute Gasteiger partial charge is 0.00790 e. The van der Waals surface area contributed by atoms with E-state index in [2.05, 4.69) is 38.3 Å². The first-order valence-electron chi connectivity index (χ1n) is 7.46. The molecule has 1 aliphatic carbocycles. The van der Waals surface area contributed by atoms with E-state index in [4.69, 9.17) is 0 Å². The van der Waals surface area contributed by atoms with E-state index in [9.17, 15) is 0 Å². The second kappa shape index (κ2) is 7.38. The maximum absolute atomic E-state index is 3.62. The monoisotopic (exact) mass is 240 g/mol. The first-order valence-corrected chi connectivity index (χ1v) is 7.46. The van der Waals surface area contributed by atoms with Crippen molar-refractivity contribution in [1.29, 1.82) is 0 Å². The molecule has 0 heterocycles. The Morgan fingerprint density at radius 2 is 1.71 bits per heavy atom. The Bertz CT molecular complexity index is 193. The Balaban J connectivity index is 2.15. The van der Waals surface area contributed by atoms with Gasteiger partial charge in [0.05, 0.1) is 0 Å². The van der Waals surface area contributed by atoms with Crippen molar-refractivity contribution < 1.29 is 0 Å². The summed E-state index contributed by atoms with van der Waals surface area (Å²) in [6.07, 6.45) is 7.24. The van der Waals surface area contributed by atoms with Crippen molar-refractivity contribution in [2.24, 2.45) is 11.3 Å². The normalized spacial score (nSPS) is 18.9. The molecular weight excluding hydrogens is 208 g/mol. The van der Waals surface area contributed by atoms with Crippen molar-refractivity contribution in [2.45, 2.75) is 65.8 Å². The molecule has 0 saturated heterocycles. The Kier molecular flexibility index (Phi) is 6.50. The molecule has 1 fully saturated rings. The zero-order valence-electron chi connectivity index (χ0n) is 12.3. The average Bonchev–Trinajstić information content (AvgIpc) is 2.29. The third-order valence-corrected chi connectivity index (χ3v) is 4.15. The van der Waals surface area contributed by atoms with Gasteiger partial charge in [-0.25, -0.2) is 0 Å². The van der Waals surface area contributed by atoms with Gasteiger partial charge in [0, 0.05) is 25.7 Å². The molecule has 0 atom stereocenters. The summed E-state index contributed by atoms with van der Waals surface area (Å²) < 4.78 is 0. The van der Waals surface area contributed by atoms with Crippen molar-refractivity contribution in [3.05, 3.63) is 0 Å². The molecule has 2 N–H and O–H groups in total. The van der Waals surface area contributed by atoms with Crippen LogP contribution in [-0.4, -0.2) is 25.7 Å². The molecular formula is C15H32N2. The van der Waals surface area contributed by atoms with Crippen molar-refractivity contribution in [2.75, 3.05) is 19.6 Å². The minimum atomic E-state index is 0.470. The lowest BCUT2D eigenvalue weighted by molar-refractivity contribution is 0.154. The van der Waals surface area contributed by atoms with E-state index in [0.717, 1.165) is 25.6 Å². The van der Waals surface area contributed by atoms with Gasteiger partial charge in [-0.05, 0) is 24.2 Å². The van der Waals surface area contributed by atoms with Crippen LogP contribution in [0.3, 0.4) is 0 Å². The van der Waals surface area contributed by atoms with Crippen LogP contribution in [0, 0.1) is 11.3 Å². The van der Waals surface area contributed by atoms with Crippen molar-refractivity contribution in [3.8, 4) is 0 Å². The molecule has 1 rings (SSSR count). The zero-order chi connectivity index (χ0) is 12.7. The molecule has 0 aromatic carbocycles. The van der Waals surface area contributed by atoms with E-state index < -0.39 is 0 Å². The molecule has 0 aromatic rings. The molecule has 17 heavy (non-hydrogen) atoms. The summed E-state index contributed by atoms with van der Waals surface area (Å²) in [4.78, 5) is 0. The quantitative estimate of drug-likeness (QED) is 0.668. The molecule has 102 valence electrons. The minimum absolute atomic E-state index is 0.470. The van der Waals surface area contributed by atoms with Crippen molar-refractivity contribution in [3.63, 3.8) is 0 Å². The van der Waals surface area contributed by atoms with Crippen LogP contribution in [0.4, 0.5) is 0 Å². The van der Waals surface area contributed by atoms with Gasteiger partial charge in [0.25, 0.3) is 0 Å². The highest BCUT2D eigenvalue weighted by Crippen LogP contribution is 2.37. The molecule has 0 aliphatic heterocycles. The Hall–Kier alpha value is -0.0800. The first-order chi connectivity index (χ1) is 8.02. The molecule has 1 saturated carbocycles. The van der Waals surface area contributed by atoms with Gasteiger partial charge in [-0.3, -0.25) is 0 Å². The second-order valence-electron chi connectivity index (χ2n) is 6.61. The van der Waals surface area contributed by atoms with E-state index >= 15 is 0 Å². The van der Waals surface area contributed by atoms with E-state index in [-0.39, 0.29) is 0 Å². The SMILES string of the molecule is CC(C)NCCNCC(C)(C)C1CCCCC1. The van der Waals surface area contributed by atoms with Gasteiger partial charge in [-0.15, -0.1) is 0 Å². The highest BCUT2D eigenvalue weighted by atomic mass is 15.0. The largest absolute Gasteiger partial charge is 0.315 e. The molecule has 0 radical (unpaired) electrons. The molecule has 0 amide bonds. The predicted octanol–water partition coefficient (Wildman–Crippen LogP) is 3.18. The Morgan fingerprint density at radius 3 is 2.29 bits per heavy atom. The fraction of sp³-hybridized carbons (Fsp3) is 1.00. The lowest BCUT2D eigenvalue weighted by atomic mass is 9.71. The third kappa shape index (κ3) is 5.87. The topological polar surface area (TPSA) is 24.1 Å². The molecule has 0 unspecified atom stereocenters. The maximum atomic E-state index is 3.62. The molecule has 0 spiro atoms. The van der Waals surface area contributed by atoms with Gasteiger partial charge in [0.15, 0.2) is 0 Å². The van der Waals surface area contributed by atoms with E-state index in [1.807, 2.05) is 0 Å². The highest BCUT2D eigenvalue weighted by Gasteiger charge is 2.29. The molecule has 1 aliphatic rings. The van der Waals surface area contributed by atoms with Crippen LogP contribution >= 0.6 is 0 Å². The third-order valence-electron chi connectivity index (χ3n) is 4.15. The van der Waals surface area contributed by atoms with Crippen LogP contribution in [0.15, 0.2) is 0 Å². The standard InChI is InChI=1S/C15H32N2/c1-13(2)17-11-10-16-12-15(3,4)14-8-6-5-7-9-14/h13-14,16-17H,5-12H2,1-4H3. The van der Waals surface area contributed by atoms with Gasteiger partial charge < -0.3 is 10.6 Å². The lowest BCUT2D eigenvalue weighted by Gasteiger charge is -2.37. The average molecular weight is 240 g/mol. The summed E-state index contributed by atoms with van der Waals surface area (Å²) in [6.45, 7) is 12.6. The van der Waals surface area contributed by atoms with Crippen molar-refractivity contribution in [1.82, 2.24) is 10.6 Å². The second-order valence-corrected chi connectivity index (χ2v) is 6.61. The number of rotatable bonds is 7. The van der Waals surface area contributed by atoms with Crippen LogP contribution in [-0.2, 0) is 0 Å². The van der Waals surface area contributed by atoms with E-state index in [1.165, 1.54) is 32.1 Å². The maximum Gasteiger partial charge on any atom is 0.00790 e. The van der Waals surface area contributed by atoms with Gasteiger partial charge in [0.2, 0.25) is 0 Å². The molecule has 0 aromatic heterocycles. The number of nitrogens with one attached hydrogen (secondary N) is 2. The van der Waals surface area contributed by atoms with E-state index in [1.54, 1.807) is 0 Å². The number of hydrogen-bond acceptors (Lipinski definition) is 2. The van der Waals surface area contributed by atoms with Crippen LogP contribution in [0.25, 0.3) is 0 Å². The summed E-state index contributed by atoms with van der Waals surface area (Å²) in [5.41, 5.74) is 0.470. The van der Waals surface area contributed by atoms with Gasteiger partial charge >= 0.3 is 0 Å². The molecule has 2 heteroatoms. The lowest BCUT2D eigenvalue weighted by Crippen LogP contribution is -2.40. The summed E-state index contributed by atoms with van der Waals surface area (Å²) >= 11 is 0. The summed E-state index contributed by atoms with van der Waals surface area (Å²) in [7, 11) is 0. The van der Waals surface area contributed by atoms with Gasteiger partial charge in [0.1, 0.15) is 0 Å². The Labute approximate surface area is 108 Å². The fourth-order valence-corrected chi connectivity index (χ4v) is 2.89. The minimum Gasteiger partial charge on any atom is -0.315 e. The first kappa shape index (κ1) is 15.0. The summed E-state index contributed by atoms with van der Waals surface area (Å²) in [6, 6.07) is 0.600. The van der Waals surface area contributed by atoms with Crippen LogP contribution in [0.2, 0.25) is 0 Å². The van der Waals surface area contributed by atoms with Crippen LogP contribution < -0.4 is 10.6 Å². The molecule has 0 bridgehead atoms. The molecule has 2 nitrogen and oxygen atoms in total. The van der Waals surface area contributed by atoms with Crippen molar-refractivity contribution >= 4 is 0 Å². The van der Waals surface area contributed by atoms with Crippen LogP contribution in [0.1, 0.15) is 59.8 Å². The highest BCUT2D eigenvalue weighted by molar-refractivity contribution is 4.82. The summed E-state index contributed by atoms with van der Waals surface area (Å²) in [5.74, 6) is 0.932. The van der Waals surface area contributed by atoms with Gasteiger partial charge in [-0.2, -0.15) is 0 Å². The van der Waals surface area contributed by atoms with Crippen LogP contribution in [0.5, 0.6) is 0 Å². The van der Waals surface area contributed by atoms with Gasteiger partial charge in [-0.1, -0.05) is 47.0 Å². The fourth-order valence-electron chi connectivity index (χ4n) is 2.89. The summed E-state index contributed by atoms with van der Waals surface area (Å²) in [5, 5.41) is 7.06. The predicted molar refractivity (Wildman–Crippen MR) is 76.4 cm³/mol. The Morgan fingerprint density at radius 1 is 1.06 bits per heavy atom. The number of hydrogen-bond donors (Lipinski definition) is 2.